The molecule has 24 heavy (non-hydrogen) atoms. The molecular formula is C18H28N2O4. The molecule has 0 N–H and O–H groups in total. The molecule has 0 fully saturated rings. The van der Waals surface area contributed by atoms with Crippen LogP contribution in [0.1, 0.15) is 77.0 Å². The first-order valence-electron chi connectivity index (χ1n) is 8.76. The molecule has 6 heteroatoms. The first-order chi connectivity index (χ1) is 11.7. The van der Waals surface area contributed by atoms with Crippen LogP contribution in [0.2, 0.25) is 0 Å². The van der Waals surface area contributed by atoms with Gasteiger partial charge in [0.25, 0.3) is 0 Å². The van der Waals surface area contributed by atoms with E-state index < -0.39 is 0 Å². The van der Waals surface area contributed by atoms with Crippen LogP contribution in [0.5, 0.6) is 0 Å². The quantitative estimate of drug-likeness (QED) is 0.333. The van der Waals surface area contributed by atoms with Crippen molar-refractivity contribution in [2.24, 2.45) is 0 Å². The summed E-state index contributed by atoms with van der Waals surface area (Å²) in [4.78, 5) is 22.9. The zero-order valence-corrected chi connectivity index (χ0v) is 14.4. The van der Waals surface area contributed by atoms with E-state index in [0.29, 0.717) is 38.9 Å². The van der Waals surface area contributed by atoms with Crippen LogP contribution in [-0.4, -0.2) is 25.2 Å². The predicted molar refractivity (Wildman–Crippen MR) is 88.5 cm³/mol. The zero-order valence-electron chi connectivity index (χ0n) is 14.4. The number of esters is 2. The highest BCUT2D eigenvalue weighted by molar-refractivity contribution is 5.69. The number of nitriles is 2. The Balaban J connectivity index is 3.31. The van der Waals surface area contributed by atoms with Crippen molar-refractivity contribution in [3.05, 3.63) is 0 Å². The summed E-state index contributed by atoms with van der Waals surface area (Å²) >= 11 is 0. The van der Waals surface area contributed by atoms with E-state index in [1.165, 1.54) is 0 Å². The van der Waals surface area contributed by atoms with E-state index in [1.807, 2.05) is 0 Å². The number of ether oxygens (including phenoxy) is 2. The van der Waals surface area contributed by atoms with E-state index in [9.17, 15) is 9.59 Å². The van der Waals surface area contributed by atoms with Gasteiger partial charge in [-0.3, -0.25) is 9.59 Å². The Hall–Kier alpha value is -2.08. The number of hydrogen-bond donors (Lipinski definition) is 0. The van der Waals surface area contributed by atoms with Gasteiger partial charge in [0.05, 0.1) is 25.4 Å². The fourth-order valence-electron chi connectivity index (χ4n) is 2.02. The minimum atomic E-state index is -0.191. The standard InChI is InChI=1S/C18H28N2O4/c19-13-7-3-9-15-23-17(21)11-5-1-2-6-12-18(22)24-16-10-4-8-14-20/h1-12,15-16H2. The topological polar surface area (TPSA) is 100 Å². The van der Waals surface area contributed by atoms with Crippen LogP contribution in [-0.2, 0) is 19.1 Å². The molecule has 134 valence electrons. The van der Waals surface area contributed by atoms with Gasteiger partial charge in [-0.2, -0.15) is 10.5 Å². The molecule has 0 amide bonds. The summed E-state index contributed by atoms with van der Waals surface area (Å²) in [6, 6.07) is 4.10. The SMILES string of the molecule is N#CCCCCOC(=O)CCCCCCC(=O)OCCCCC#N. The summed E-state index contributed by atoms with van der Waals surface area (Å²) in [6.07, 6.45) is 8.10. The Labute approximate surface area is 144 Å². The van der Waals surface area contributed by atoms with Crippen molar-refractivity contribution >= 4 is 11.9 Å². The molecule has 0 aromatic rings. The van der Waals surface area contributed by atoms with Crippen LogP contribution in [0, 0.1) is 22.7 Å². The lowest BCUT2D eigenvalue weighted by atomic mass is 10.1. The van der Waals surface area contributed by atoms with E-state index in [-0.39, 0.29) is 11.9 Å². The third kappa shape index (κ3) is 16.3. The van der Waals surface area contributed by atoms with E-state index in [2.05, 4.69) is 12.1 Å². The van der Waals surface area contributed by atoms with E-state index in [1.54, 1.807) is 0 Å². The van der Waals surface area contributed by atoms with Crippen LogP contribution in [0.15, 0.2) is 0 Å². The zero-order chi connectivity index (χ0) is 17.9. The molecule has 0 spiro atoms. The average Bonchev–Trinajstić information content (AvgIpc) is 2.57. The Morgan fingerprint density at radius 1 is 0.625 bits per heavy atom. The molecule has 0 saturated carbocycles. The first-order valence-corrected chi connectivity index (χ1v) is 8.76. The molecule has 0 rings (SSSR count). The van der Waals surface area contributed by atoms with Gasteiger partial charge in [0, 0.05) is 25.7 Å². The summed E-state index contributed by atoms with van der Waals surface area (Å²) in [7, 11) is 0. The summed E-state index contributed by atoms with van der Waals surface area (Å²) in [5.41, 5.74) is 0. The van der Waals surface area contributed by atoms with Gasteiger partial charge in [-0.05, 0) is 38.5 Å². The van der Waals surface area contributed by atoms with E-state index in [4.69, 9.17) is 20.0 Å². The first kappa shape index (κ1) is 21.9. The van der Waals surface area contributed by atoms with Crippen molar-refractivity contribution in [3.63, 3.8) is 0 Å². The molecule has 0 unspecified atom stereocenters. The Kier molecular flexibility index (Phi) is 15.8. The smallest absolute Gasteiger partial charge is 0.305 e. The Morgan fingerprint density at radius 3 is 1.42 bits per heavy atom. The highest BCUT2D eigenvalue weighted by Gasteiger charge is 2.04. The Morgan fingerprint density at radius 2 is 1.04 bits per heavy atom. The molecule has 6 nitrogen and oxygen atoms in total. The van der Waals surface area contributed by atoms with Crippen LogP contribution in [0.4, 0.5) is 0 Å². The number of hydrogen-bond acceptors (Lipinski definition) is 6. The number of carbonyl (C=O) groups is 2. The van der Waals surface area contributed by atoms with E-state index >= 15 is 0 Å². The third-order valence-corrected chi connectivity index (χ3v) is 3.40. The van der Waals surface area contributed by atoms with Gasteiger partial charge in [-0.1, -0.05) is 12.8 Å². The minimum Gasteiger partial charge on any atom is -0.466 e. The maximum absolute atomic E-state index is 11.4. The fraction of sp³-hybridized carbons (Fsp3) is 0.778. The predicted octanol–water partition coefficient (Wildman–Crippen LogP) is 3.80. The second-order valence-electron chi connectivity index (χ2n) is 5.59. The normalized spacial score (nSPS) is 9.75. The molecular weight excluding hydrogens is 308 g/mol. The van der Waals surface area contributed by atoms with Crippen LogP contribution >= 0.6 is 0 Å². The van der Waals surface area contributed by atoms with Gasteiger partial charge in [-0.25, -0.2) is 0 Å². The van der Waals surface area contributed by atoms with Gasteiger partial charge >= 0.3 is 11.9 Å². The minimum absolute atomic E-state index is 0.191. The lowest BCUT2D eigenvalue weighted by molar-refractivity contribution is -0.145. The molecule has 0 aliphatic rings. The largest absolute Gasteiger partial charge is 0.466 e. The maximum atomic E-state index is 11.4. The van der Waals surface area contributed by atoms with Gasteiger partial charge in [-0.15, -0.1) is 0 Å². The maximum Gasteiger partial charge on any atom is 0.305 e. The Bertz CT molecular complexity index is 384. The molecule has 0 bridgehead atoms. The van der Waals surface area contributed by atoms with Gasteiger partial charge in [0.2, 0.25) is 0 Å². The average molecular weight is 336 g/mol. The van der Waals surface area contributed by atoms with Crippen molar-refractivity contribution in [1.29, 1.82) is 10.5 Å². The molecule has 0 aliphatic heterocycles. The number of unbranched alkanes of at least 4 members (excludes halogenated alkanes) is 7. The van der Waals surface area contributed by atoms with Gasteiger partial charge in [0.15, 0.2) is 0 Å². The molecule has 0 aliphatic carbocycles. The molecule has 0 saturated heterocycles. The number of nitrogens with zero attached hydrogens (tertiary/aromatic N) is 2. The molecule has 0 radical (unpaired) electrons. The lowest BCUT2D eigenvalue weighted by Gasteiger charge is -2.05. The highest BCUT2D eigenvalue weighted by atomic mass is 16.5. The molecule has 0 heterocycles. The monoisotopic (exact) mass is 336 g/mol. The summed E-state index contributed by atoms with van der Waals surface area (Å²) in [5.74, 6) is -0.382. The second-order valence-corrected chi connectivity index (χ2v) is 5.59. The molecule has 0 aromatic heterocycles. The summed E-state index contributed by atoms with van der Waals surface area (Å²) in [5, 5.41) is 16.7. The van der Waals surface area contributed by atoms with Crippen molar-refractivity contribution in [2.45, 2.75) is 77.0 Å². The van der Waals surface area contributed by atoms with Crippen molar-refractivity contribution in [2.75, 3.05) is 13.2 Å². The fourth-order valence-corrected chi connectivity index (χ4v) is 2.02. The van der Waals surface area contributed by atoms with Crippen molar-refractivity contribution < 1.29 is 19.1 Å². The van der Waals surface area contributed by atoms with Gasteiger partial charge < -0.3 is 9.47 Å². The van der Waals surface area contributed by atoms with Crippen LogP contribution in [0.3, 0.4) is 0 Å². The van der Waals surface area contributed by atoms with Gasteiger partial charge in [0.1, 0.15) is 0 Å². The summed E-state index contributed by atoms with van der Waals surface area (Å²) in [6.45, 7) is 0.779. The number of rotatable bonds is 15. The second kappa shape index (κ2) is 17.3. The van der Waals surface area contributed by atoms with E-state index in [0.717, 1.165) is 51.4 Å². The van der Waals surface area contributed by atoms with Crippen LogP contribution < -0.4 is 0 Å². The summed E-state index contributed by atoms with van der Waals surface area (Å²) < 4.78 is 10.1. The molecule has 0 atom stereocenters. The molecule has 0 aromatic carbocycles. The lowest BCUT2D eigenvalue weighted by Crippen LogP contribution is -2.06. The van der Waals surface area contributed by atoms with Crippen LogP contribution in [0.25, 0.3) is 0 Å². The van der Waals surface area contributed by atoms with Crippen molar-refractivity contribution in [1.82, 2.24) is 0 Å². The highest BCUT2D eigenvalue weighted by Crippen LogP contribution is 2.08. The van der Waals surface area contributed by atoms with Crippen molar-refractivity contribution in [3.8, 4) is 12.1 Å². The third-order valence-electron chi connectivity index (χ3n) is 3.40. The number of carbonyl (C=O) groups excluding carboxylic acids is 2.